The van der Waals surface area contributed by atoms with Crippen LogP contribution < -0.4 is 11.1 Å². The minimum atomic E-state index is -0.108. The summed E-state index contributed by atoms with van der Waals surface area (Å²) in [5, 5.41) is 2.71. The predicted molar refractivity (Wildman–Crippen MR) is 53.6 cm³/mol. The smallest absolute Gasteiger partial charge is 0.253 e. The van der Waals surface area contributed by atoms with Gasteiger partial charge in [-0.05, 0) is 26.0 Å². The third kappa shape index (κ3) is 2.21. The molecule has 1 aromatic carbocycles. The van der Waals surface area contributed by atoms with Gasteiger partial charge >= 0.3 is 0 Å². The monoisotopic (exact) mass is 178 g/mol. The molecule has 3 heteroatoms. The van der Waals surface area contributed by atoms with Gasteiger partial charge in [0.05, 0.1) is 5.56 Å². The highest BCUT2D eigenvalue weighted by molar-refractivity contribution is 5.99. The van der Waals surface area contributed by atoms with Gasteiger partial charge in [0, 0.05) is 12.2 Å². The first-order valence-corrected chi connectivity index (χ1v) is 4.29. The summed E-state index contributed by atoms with van der Waals surface area (Å²) in [6, 6.07) is 5.43. The molecule has 0 radical (unpaired) electrons. The molecule has 70 valence electrons. The second kappa shape index (κ2) is 3.94. The Morgan fingerprint density at radius 3 is 2.85 bits per heavy atom. The zero-order valence-corrected chi connectivity index (χ0v) is 7.92. The number of carbonyl (C=O) groups excluding carboxylic acids is 1. The molecular formula is C10H14N2O. The summed E-state index contributed by atoms with van der Waals surface area (Å²) in [6.07, 6.45) is 0. The second-order valence-electron chi connectivity index (χ2n) is 2.95. The fourth-order valence-electron chi connectivity index (χ4n) is 1.12. The third-order valence-corrected chi connectivity index (χ3v) is 1.79. The number of aryl methyl sites for hydroxylation is 1. The molecule has 0 aromatic heterocycles. The molecule has 0 aliphatic carbocycles. The van der Waals surface area contributed by atoms with E-state index in [-0.39, 0.29) is 5.91 Å². The highest BCUT2D eigenvalue weighted by atomic mass is 16.1. The Hall–Kier alpha value is -1.51. The SMILES string of the molecule is CCNC(=O)c1cc(C)ccc1N. The molecule has 1 rings (SSSR count). The van der Waals surface area contributed by atoms with Crippen LogP contribution in [0.4, 0.5) is 5.69 Å². The summed E-state index contributed by atoms with van der Waals surface area (Å²) in [5.41, 5.74) is 7.78. The fourth-order valence-corrected chi connectivity index (χ4v) is 1.12. The van der Waals surface area contributed by atoms with Crippen LogP contribution >= 0.6 is 0 Å². The van der Waals surface area contributed by atoms with Gasteiger partial charge < -0.3 is 11.1 Å². The number of nitrogens with one attached hydrogen (secondary N) is 1. The topological polar surface area (TPSA) is 55.1 Å². The Balaban J connectivity index is 2.99. The molecule has 3 nitrogen and oxygen atoms in total. The third-order valence-electron chi connectivity index (χ3n) is 1.79. The van der Waals surface area contributed by atoms with E-state index in [9.17, 15) is 4.79 Å². The van der Waals surface area contributed by atoms with Crippen molar-refractivity contribution in [3.63, 3.8) is 0 Å². The van der Waals surface area contributed by atoms with Gasteiger partial charge in [0.1, 0.15) is 0 Å². The molecule has 0 unspecified atom stereocenters. The summed E-state index contributed by atoms with van der Waals surface area (Å²) < 4.78 is 0. The lowest BCUT2D eigenvalue weighted by Crippen LogP contribution is -2.23. The number of hydrogen-bond acceptors (Lipinski definition) is 2. The largest absolute Gasteiger partial charge is 0.398 e. The van der Waals surface area contributed by atoms with E-state index in [4.69, 9.17) is 5.73 Å². The Kier molecular flexibility index (Phi) is 2.90. The molecular weight excluding hydrogens is 164 g/mol. The van der Waals surface area contributed by atoms with E-state index in [2.05, 4.69) is 5.32 Å². The van der Waals surface area contributed by atoms with Gasteiger partial charge in [-0.1, -0.05) is 11.6 Å². The molecule has 0 bridgehead atoms. The average molecular weight is 178 g/mol. The van der Waals surface area contributed by atoms with Crippen LogP contribution in [0.3, 0.4) is 0 Å². The van der Waals surface area contributed by atoms with Crippen molar-refractivity contribution in [1.82, 2.24) is 5.32 Å². The van der Waals surface area contributed by atoms with Crippen molar-refractivity contribution in [3.8, 4) is 0 Å². The minimum Gasteiger partial charge on any atom is -0.398 e. The van der Waals surface area contributed by atoms with Gasteiger partial charge in [-0.15, -0.1) is 0 Å². The molecule has 0 aliphatic rings. The quantitative estimate of drug-likeness (QED) is 0.671. The van der Waals surface area contributed by atoms with Gasteiger partial charge in [-0.2, -0.15) is 0 Å². The summed E-state index contributed by atoms with van der Waals surface area (Å²) in [5.74, 6) is -0.108. The number of amides is 1. The zero-order chi connectivity index (χ0) is 9.84. The van der Waals surface area contributed by atoms with Crippen LogP contribution in [0.1, 0.15) is 22.8 Å². The molecule has 0 saturated carbocycles. The van der Waals surface area contributed by atoms with Gasteiger partial charge in [0.2, 0.25) is 0 Å². The van der Waals surface area contributed by atoms with Crippen molar-refractivity contribution < 1.29 is 4.79 Å². The van der Waals surface area contributed by atoms with E-state index >= 15 is 0 Å². The summed E-state index contributed by atoms with van der Waals surface area (Å²) >= 11 is 0. The Morgan fingerprint density at radius 1 is 1.54 bits per heavy atom. The molecule has 0 atom stereocenters. The number of nitrogens with two attached hydrogens (primary N) is 1. The van der Waals surface area contributed by atoms with Gasteiger partial charge in [-0.3, -0.25) is 4.79 Å². The molecule has 0 saturated heterocycles. The standard InChI is InChI=1S/C10H14N2O/c1-3-12-10(13)8-6-7(2)4-5-9(8)11/h4-6H,3,11H2,1-2H3,(H,12,13). The van der Waals surface area contributed by atoms with Crippen molar-refractivity contribution in [2.24, 2.45) is 0 Å². The van der Waals surface area contributed by atoms with Crippen LogP contribution in [0.25, 0.3) is 0 Å². The first kappa shape index (κ1) is 9.58. The molecule has 0 aliphatic heterocycles. The second-order valence-corrected chi connectivity index (χ2v) is 2.95. The summed E-state index contributed by atoms with van der Waals surface area (Å²) in [4.78, 5) is 11.4. The van der Waals surface area contributed by atoms with Crippen LogP contribution in [0.15, 0.2) is 18.2 Å². The first-order valence-electron chi connectivity index (χ1n) is 4.29. The lowest BCUT2D eigenvalue weighted by molar-refractivity contribution is 0.0956. The Bertz CT molecular complexity index is 321. The molecule has 1 amide bonds. The van der Waals surface area contributed by atoms with Crippen LogP contribution in [-0.4, -0.2) is 12.5 Å². The highest BCUT2D eigenvalue weighted by Gasteiger charge is 2.07. The Labute approximate surface area is 77.9 Å². The number of hydrogen-bond donors (Lipinski definition) is 2. The van der Waals surface area contributed by atoms with E-state index in [0.717, 1.165) is 5.56 Å². The van der Waals surface area contributed by atoms with E-state index in [1.807, 2.05) is 19.9 Å². The molecule has 0 fully saturated rings. The molecule has 0 heterocycles. The maximum Gasteiger partial charge on any atom is 0.253 e. The number of rotatable bonds is 2. The zero-order valence-electron chi connectivity index (χ0n) is 7.92. The number of anilines is 1. The molecule has 13 heavy (non-hydrogen) atoms. The lowest BCUT2D eigenvalue weighted by Gasteiger charge is -2.06. The number of benzene rings is 1. The van der Waals surface area contributed by atoms with E-state index < -0.39 is 0 Å². The van der Waals surface area contributed by atoms with Crippen LogP contribution in [-0.2, 0) is 0 Å². The molecule has 0 spiro atoms. The van der Waals surface area contributed by atoms with Crippen molar-refractivity contribution in [2.75, 3.05) is 12.3 Å². The van der Waals surface area contributed by atoms with Gasteiger partial charge in [0.15, 0.2) is 0 Å². The summed E-state index contributed by atoms with van der Waals surface area (Å²) in [6.45, 7) is 4.43. The maximum atomic E-state index is 11.4. The predicted octanol–water partition coefficient (Wildman–Crippen LogP) is 1.33. The fraction of sp³-hybridized carbons (Fsp3) is 0.300. The molecule has 3 N–H and O–H groups in total. The Morgan fingerprint density at radius 2 is 2.23 bits per heavy atom. The molecule has 1 aromatic rings. The van der Waals surface area contributed by atoms with Crippen LogP contribution in [0, 0.1) is 6.92 Å². The minimum absolute atomic E-state index is 0.108. The highest BCUT2D eigenvalue weighted by Crippen LogP contribution is 2.13. The van der Waals surface area contributed by atoms with Crippen molar-refractivity contribution in [3.05, 3.63) is 29.3 Å². The van der Waals surface area contributed by atoms with Crippen molar-refractivity contribution in [1.29, 1.82) is 0 Å². The van der Waals surface area contributed by atoms with E-state index in [1.165, 1.54) is 0 Å². The maximum absolute atomic E-state index is 11.4. The van der Waals surface area contributed by atoms with Crippen LogP contribution in [0.2, 0.25) is 0 Å². The van der Waals surface area contributed by atoms with E-state index in [0.29, 0.717) is 17.8 Å². The average Bonchev–Trinajstić information content (AvgIpc) is 2.09. The van der Waals surface area contributed by atoms with Crippen LogP contribution in [0.5, 0.6) is 0 Å². The van der Waals surface area contributed by atoms with Crippen molar-refractivity contribution >= 4 is 11.6 Å². The number of carbonyl (C=O) groups is 1. The first-order chi connectivity index (χ1) is 6.15. The van der Waals surface area contributed by atoms with Crippen molar-refractivity contribution in [2.45, 2.75) is 13.8 Å². The van der Waals surface area contributed by atoms with E-state index in [1.54, 1.807) is 12.1 Å². The van der Waals surface area contributed by atoms with Gasteiger partial charge in [-0.25, -0.2) is 0 Å². The van der Waals surface area contributed by atoms with Gasteiger partial charge in [0.25, 0.3) is 5.91 Å². The normalized spacial score (nSPS) is 9.69. The number of nitrogen functional groups attached to an aromatic ring is 1. The summed E-state index contributed by atoms with van der Waals surface area (Å²) in [7, 11) is 0. The lowest BCUT2D eigenvalue weighted by atomic mass is 10.1.